The summed E-state index contributed by atoms with van der Waals surface area (Å²) >= 11 is 0. The van der Waals surface area contributed by atoms with Gasteiger partial charge in [-0.1, -0.05) is 0 Å². The molecule has 13 heavy (non-hydrogen) atoms. The Morgan fingerprint density at radius 3 is 2.92 bits per heavy atom. The molecular weight excluding hydrogens is 168 g/mol. The van der Waals surface area contributed by atoms with Crippen LogP contribution in [0.4, 0.5) is 0 Å². The van der Waals surface area contributed by atoms with Gasteiger partial charge in [-0.05, 0) is 26.3 Å². The van der Waals surface area contributed by atoms with E-state index in [-0.39, 0.29) is 11.9 Å². The van der Waals surface area contributed by atoms with E-state index in [9.17, 15) is 4.79 Å². The van der Waals surface area contributed by atoms with Crippen LogP contribution >= 0.6 is 0 Å². The van der Waals surface area contributed by atoms with Gasteiger partial charge in [-0.25, -0.2) is 0 Å². The number of carbonyl (C=O) groups is 1. The van der Waals surface area contributed by atoms with Gasteiger partial charge in [-0.2, -0.15) is 0 Å². The molecule has 0 spiro atoms. The van der Waals surface area contributed by atoms with Crippen LogP contribution in [0.15, 0.2) is 0 Å². The third-order valence-electron chi connectivity index (χ3n) is 2.27. The summed E-state index contributed by atoms with van der Waals surface area (Å²) in [5, 5.41) is 12.2. The number of hydrogen-bond donors (Lipinski definition) is 2. The molecule has 4 heteroatoms. The minimum absolute atomic E-state index is 0.0243. The number of aliphatic hydroxyl groups is 1. The molecule has 4 nitrogen and oxygen atoms in total. The zero-order valence-electron chi connectivity index (χ0n) is 8.29. The van der Waals surface area contributed by atoms with E-state index in [2.05, 4.69) is 5.32 Å². The van der Waals surface area contributed by atoms with Gasteiger partial charge in [0.05, 0.1) is 12.1 Å². The monoisotopic (exact) mass is 186 g/mol. The predicted octanol–water partition coefficient (Wildman–Crippen LogP) is -0.422. The van der Waals surface area contributed by atoms with Crippen molar-refractivity contribution < 1.29 is 9.90 Å². The maximum atomic E-state index is 11.6. The van der Waals surface area contributed by atoms with Crippen molar-refractivity contribution in [2.75, 3.05) is 20.1 Å². The second kappa shape index (κ2) is 4.58. The molecule has 1 rings (SSSR count). The van der Waals surface area contributed by atoms with Crippen LogP contribution in [0.5, 0.6) is 0 Å². The van der Waals surface area contributed by atoms with Crippen LogP contribution in [0.3, 0.4) is 0 Å². The molecule has 0 aliphatic carbocycles. The Labute approximate surface area is 78.9 Å². The Hall–Kier alpha value is -0.610. The first kappa shape index (κ1) is 10.5. The molecule has 0 saturated carbocycles. The van der Waals surface area contributed by atoms with E-state index in [4.69, 9.17) is 5.11 Å². The third kappa shape index (κ3) is 2.97. The van der Waals surface area contributed by atoms with E-state index in [1.165, 1.54) is 0 Å². The van der Waals surface area contributed by atoms with E-state index >= 15 is 0 Å². The molecule has 2 unspecified atom stereocenters. The molecule has 1 amide bonds. The van der Waals surface area contributed by atoms with E-state index in [1.807, 2.05) is 0 Å². The van der Waals surface area contributed by atoms with E-state index in [0.717, 1.165) is 19.4 Å². The van der Waals surface area contributed by atoms with Crippen molar-refractivity contribution in [1.82, 2.24) is 10.2 Å². The largest absolute Gasteiger partial charge is 0.392 e. The van der Waals surface area contributed by atoms with Gasteiger partial charge in [0.15, 0.2) is 0 Å². The highest BCUT2D eigenvalue weighted by atomic mass is 16.3. The molecule has 0 aromatic carbocycles. The van der Waals surface area contributed by atoms with Crippen LogP contribution in [-0.2, 0) is 4.79 Å². The zero-order valence-corrected chi connectivity index (χ0v) is 8.29. The lowest BCUT2D eigenvalue weighted by atomic mass is 10.2. The SMILES string of the molecule is CC(O)CN(C)C(=O)C1CCCN1. The lowest BCUT2D eigenvalue weighted by Gasteiger charge is -2.22. The summed E-state index contributed by atoms with van der Waals surface area (Å²) in [4.78, 5) is 13.2. The fourth-order valence-corrected chi connectivity index (χ4v) is 1.65. The van der Waals surface area contributed by atoms with Crippen LogP contribution in [0.25, 0.3) is 0 Å². The molecule has 0 aromatic heterocycles. The zero-order chi connectivity index (χ0) is 9.84. The summed E-state index contributed by atoms with van der Waals surface area (Å²) in [5.74, 6) is 0.0957. The van der Waals surface area contributed by atoms with E-state index in [0.29, 0.717) is 6.54 Å². The minimum atomic E-state index is -0.449. The maximum absolute atomic E-state index is 11.6. The molecule has 1 heterocycles. The molecule has 0 bridgehead atoms. The molecule has 0 radical (unpaired) electrons. The fourth-order valence-electron chi connectivity index (χ4n) is 1.65. The highest BCUT2D eigenvalue weighted by Crippen LogP contribution is 2.07. The predicted molar refractivity (Wildman–Crippen MR) is 50.3 cm³/mol. The Morgan fingerprint density at radius 1 is 1.77 bits per heavy atom. The van der Waals surface area contributed by atoms with E-state index < -0.39 is 6.10 Å². The molecule has 1 fully saturated rings. The van der Waals surface area contributed by atoms with Gasteiger partial charge in [0.1, 0.15) is 0 Å². The summed E-state index contributed by atoms with van der Waals surface area (Å²) in [6.07, 6.45) is 1.54. The van der Waals surface area contributed by atoms with Gasteiger partial charge in [0.2, 0.25) is 5.91 Å². The molecule has 2 N–H and O–H groups in total. The van der Waals surface area contributed by atoms with Crippen molar-refractivity contribution in [1.29, 1.82) is 0 Å². The number of aliphatic hydroxyl groups excluding tert-OH is 1. The van der Waals surface area contributed by atoms with Crippen molar-refractivity contribution in [3.8, 4) is 0 Å². The van der Waals surface area contributed by atoms with Crippen molar-refractivity contribution in [3.63, 3.8) is 0 Å². The minimum Gasteiger partial charge on any atom is -0.392 e. The topological polar surface area (TPSA) is 52.6 Å². The van der Waals surface area contributed by atoms with Crippen LogP contribution in [-0.4, -0.2) is 48.2 Å². The van der Waals surface area contributed by atoms with Crippen molar-refractivity contribution >= 4 is 5.91 Å². The molecule has 1 aliphatic rings. The van der Waals surface area contributed by atoms with E-state index in [1.54, 1.807) is 18.9 Å². The number of amides is 1. The highest BCUT2D eigenvalue weighted by Gasteiger charge is 2.25. The summed E-state index contributed by atoms with van der Waals surface area (Å²) in [5.41, 5.74) is 0. The fraction of sp³-hybridized carbons (Fsp3) is 0.889. The highest BCUT2D eigenvalue weighted by molar-refractivity contribution is 5.81. The van der Waals surface area contributed by atoms with Gasteiger partial charge in [-0.15, -0.1) is 0 Å². The Kier molecular flexibility index (Phi) is 3.69. The Morgan fingerprint density at radius 2 is 2.46 bits per heavy atom. The summed E-state index contributed by atoms with van der Waals surface area (Å²) < 4.78 is 0. The first-order valence-electron chi connectivity index (χ1n) is 4.77. The van der Waals surface area contributed by atoms with Crippen LogP contribution in [0.2, 0.25) is 0 Å². The number of carbonyl (C=O) groups excluding carboxylic acids is 1. The van der Waals surface area contributed by atoms with Crippen molar-refractivity contribution in [2.45, 2.75) is 31.9 Å². The Bertz CT molecular complexity index is 176. The lowest BCUT2D eigenvalue weighted by molar-refractivity contribution is -0.132. The first-order chi connectivity index (χ1) is 6.11. The second-order valence-corrected chi connectivity index (χ2v) is 3.72. The maximum Gasteiger partial charge on any atom is 0.239 e. The van der Waals surface area contributed by atoms with Crippen molar-refractivity contribution in [2.24, 2.45) is 0 Å². The number of likely N-dealkylation sites (N-methyl/N-ethyl adjacent to an activating group) is 1. The standard InChI is InChI=1S/C9H18N2O2/c1-7(12)6-11(2)9(13)8-4-3-5-10-8/h7-8,10,12H,3-6H2,1-2H3. The molecule has 76 valence electrons. The van der Waals surface area contributed by atoms with Gasteiger partial charge in [-0.3, -0.25) is 4.79 Å². The summed E-state index contributed by atoms with van der Waals surface area (Å²) in [7, 11) is 1.73. The summed E-state index contributed by atoms with van der Waals surface area (Å²) in [6, 6.07) is -0.0243. The number of nitrogens with zero attached hydrogens (tertiary/aromatic N) is 1. The third-order valence-corrected chi connectivity index (χ3v) is 2.27. The number of nitrogens with one attached hydrogen (secondary N) is 1. The molecule has 2 atom stereocenters. The molecular formula is C9H18N2O2. The van der Waals surface area contributed by atoms with Crippen molar-refractivity contribution in [3.05, 3.63) is 0 Å². The van der Waals surface area contributed by atoms with Gasteiger partial charge >= 0.3 is 0 Å². The number of hydrogen-bond acceptors (Lipinski definition) is 3. The smallest absolute Gasteiger partial charge is 0.239 e. The second-order valence-electron chi connectivity index (χ2n) is 3.72. The molecule has 1 saturated heterocycles. The lowest BCUT2D eigenvalue weighted by Crippen LogP contribution is -2.43. The first-order valence-corrected chi connectivity index (χ1v) is 4.77. The van der Waals surface area contributed by atoms with Gasteiger partial charge < -0.3 is 15.3 Å². The van der Waals surface area contributed by atoms with Crippen LogP contribution in [0, 0.1) is 0 Å². The van der Waals surface area contributed by atoms with Crippen LogP contribution in [0.1, 0.15) is 19.8 Å². The van der Waals surface area contributed by atoms with Gasteiger partial charge in [0.25, 0.3) is 0 Å². The number of rotatable bonds is 3. The normalized spacial score (nSPS) is 24.4. The molecule has 1 aliphatic heterocycles. The summed E-state index contributed by atoms with van der Waals surface area (Å²) in [6.45, 7) is 3.03. The average Bonchev–Trinajstić information content (AvgIpc) is 2.53. The average molecular weight is 186 g/mol. The Balaban J connectivity index is 2.36. The van der Waals surface area contributed by atoms with Crippen LogP contribution < -0.4 is 5.32 Å². The molecule has 0 aromatic rings. The van der Waals surface area contributed by atoms with Gasteiger partial charge in [0, 0.05) is 13.6 Å². The quantitative estimate of drug-likeness (QED) is 0.629.